The molecule has 3 aromatic rings. The van der Waals surface area contributed by atoms with Crippen molar-refractivity contribution in [1.82, 2.24) is 0 Å². The van der Waals surface area contributed by atoms with Crippen LogP contribution in [0.15, 0.2) is 72.3 Å². The Balaban J connectivity index is 1.72. The third-order valence-corrected chi connectivity index (χ3v) is 5.02. The van der Waals surface area contributed by atoms with Crippen molar-refractivity contribution in [2.24, 2.45) is 0 Å². The molecule has 0 atom stereocenters. The molecule has 0 heterocycles. The van der Waals surface area contributed by atoms with Gasteiger partial charge in [-0.15, -0.1) is 0 Å². The number of hydrogen-bond acceptors (Lipinski definition) is 3. The van der Waals surface area contributed by atoms with Gasteiger partial charge < -0.3 is 4.74 Å². The van der Waals surface area contributed by atoms with E-state index in [1.165, 1.54) is 0 Å². The summed E-state index contributed by atoms with van der Waals surface area (Å²) in [6.45, 7) is 2.18. The lowest BCUT2D eigenvalue weighted by atomic mass is 10.0. The highest BCUT2D eigenvalue weighted by molar-refractivity contribution is 6.35. The molecule has 144 valence electrons. The molecule has 0 fully saturated rings. The summed E-state index contributed by atoms with van der Waals surface area (Å²) in [6.07, 6.45) is 1.57. The van der Waals surface area contributed by atoms with Crippen LogP contribution in [0.4, 0.5) is 0 Å². The standard InChI is InChI=1S/C24H17Cl2NO2/c1-16-5-9-18(10-6-16)24(28)19(14-27)13-17-7-11-20(12-8-17)29-15-21-22(25)3-2-4-23(21)26/h2-13H,15H2,1H3/b19-13+. The van der Waals surface area contributed by atoms with E-state index in [1.54, 1.807) is 60.7 Å². The maximum Gasteiger partial charge on any atom is 0.203 e. The van der Waals surface area contributed by atoms with Crippen LogP contribution in [0.2, 0.25) is 10.0 Å². The first-order valence-electron chi connectivity index (χ1n) is 8.87. The molecule has 0 bridgehead atoms. The first kappa shape index (κ1) is 20.7. The molecule has 0 radical (unpaired) electrons. The second kappa shape index (κ2) is 9.43. The largest absolute Gasteiger partial charge is 0.489 e. The van der Waals surface area contributed by atoms with Gasteiger partial charge in [0, 0.05) is 21.2 Å². The molecule has 0 aliphatic heterocycles. The van der Waals surface area contributed by atoms with Crippen LogP contribution < -0.4 is 4.74 Å². The van der Waals surface area contributed by atoms with Crippen LogP contribution in [-0.2, 0) is 6.61 Å². The van der Waals surface area contributed by atoms with Gasteiger partial charge in [-0.05, 0) is 42.8 Å². The molecule has 3 rings (SSSR count). The van der Waals surface area contributed by atoms with E-state index in [1.807, 2.05) is 25.1 Å². The van der Waals surface area contributed by atoms with Gasteiger partial charge in [-0.1, -0.05) is 71.2 Å². The van der Waals surface area contributed by atoms with E-state index in [0.717, 1.165) is 16.7 Å². The van der Waals surface area contributed by atoms with Crippen molar-refractivity contribution in [1.29, 1.82) is 5.26 Å². The van der Waals surface area contributed by atoms with Crippen LogP contribution in [0.3, 0.4) is 0 Å². The number of rotatable bonds is 6. The molecular weight excluding hydrogens is 405 g/mol. The van der Waals surface area contributed by atoms with Crippen molar-refractivity contribution in [3.63, 3.8) is 0 Å². The molecular formula is C24H17Cl2NO2. The minimum atomic E-state index is -0.304. The van der Waals surface area contributed by atoms with Gasteiger partial charge in [0.2, 0.25) is 5.78 Å². The normalized spacial score (nSPS) is 11.0. The molecule has 0 unspecified atom stereocenters. The zero-order chi connectivity index (χ0) is 20.8. The number of ketones is 1. The van der Waals surface area contributed by atoms with Gasteiger partial charge in [0.05, 0.1) is 0 Å². The Morgan fingerprint density at radius 2 is 1.62 bits per heavy atom. The smallest absolute Gasteiger partial charge is 0.203 e. The zero-order valence-corrected chi connectivity index (χ0v) is 17.2. The number of carbonyl (C=O) groups excluding carboxylic acids is 1. The Morgan fingerprint density at radius 1 is 1.00 bits per heavy atom. The van der Waals surface area contributed by atoms with E-state index < -0.39 is 0 Å². The molecule has 0 N–H and O–H groups in total. The van der Waals surface area contributed by atoms with E-state index >= 15 is 0 Å². The molecule has 0 aromatic heterocycles. The number of carbonyl (C=O) groups is 1. The summed E-state index contributed by atoms with van der Waals surface area (Å²) in [4.78, 5) is 12.5. The summed E-state index contributed by atoms with van der Waals surface area (Å²) < 4.78 is 5.75. The highest BCUT2D eigenvalue weighted by atomic mass is 35.5. The summed E-state index contributed by atoms with van der Waals surface area (Å²) in [5.74, 6) is 0.322. The van der Waals surface area contributed by atoms with Crippen molar-refractivity contribution in [2.45, 2.75) is 13.5 Å². The van der Waals surface area contributed by atoms with Crippen molar-refractivity contribution < 1.29 is 9.53 Å². The average Bonchev–Trinajstić information content (AvgIpc) is 2.72. The molecule has 29 heavy (non-hydrogen) atoms. The molecule has 0 aliphatic rings. The van der Waals surface area contributed by atoms with Gasteiger partial charge in [-0.3, -0.25) is 4.79 Å². The Morgan fingerprint density at radius 3 is 2.21 bits per heavy atom. The molecule has 5 heteroatoms. The number of nitrogens with zero attached hydrogens (tertiary/aromatic N) is 1. The minimum Gasteiger partial charge on any atom is -0.489 e. The summed E-state index contributed by atoms with van der Waals surface area (Å²) in [5.41, 5.74) is 3.06. The Labute approximate surface area is 179 Å². The van der Waals surface area contributed by atoms with Gasteiger partial charge >= 0.3 is 0 Å². The molecule has 3 nitrogen and oxygen atoms in total. The second-order valence-electron chi connectivity index (χ2n) is 6.42. The van der Waals surface area contributed by atoms with Gasteiger partial charge in [0.15, 0.2) is 0 Å². The van der Waals surface area contributed by atoms with E-state index in [-0.39, 0.29) is 18.0 Å². The summed E-state index contributed by atoms with van der Waals surface area (Å²) >= 11 is 12.3. The zero-order valence-electron chi connectivity index (χ0n) is 15.7. The molecule has 0 amide bonds. The Kier molecular flexibility index (Phi) is 6.72. The first-order chi connectivity index (χ1) is 14.0. The highest BCUT2D eigenvalue weighted by Gasteiger charge is 2.12. The van der Waals surface area contributed by atoms with Gasteiger partial charge in [-0.25, -0.2) is 0 Å². The fourth-order valence-corrected chi connectivity index (χ4v) is 3.17. The number of allylic oxidation sites excluding steroid dienone is 1. The monoisotopic (exact) mass is 421 g/mol. The third kappa shape index (κ3) is 5.26. The number of ether oxygens (including phenoxy) is 1. The maximum atomic E-state index is 12.5. The predicted octanol–water partition coefficient (Wildman–Crippen LogP) is 6.67. The predicted molar refractivity (Wildman–Crippen MR) is 116 cm³/mol. The van der Waals surface area contributed by atoms with Gasteiger partial charge in [-0.2, -0.15) is 5.26 Å². The number of nitriles is 1. The van der Waals surface area contributed by atoms with Crippen molar-refractivity contribution in [3.05, 3.63) is 105 Å². The lowest BCUT2D eigenvalue weighted by molar-refractivity contribution is 0.104. The molecule has 0 saturated carbocycles. The van der Waals surface area contributed by atoms with Crippen molar-refractivity contribution >= 4 is 35.1 Å². The topological polar surface area (TPSA) is 50.1 Å². The Hall–Kier alpha value is -3.06. The van der Waals surface area contributed by atoms with E-state index in [0.29, 0.717) is 21.4 Å². The number of Topliss-reactive ketones (excluding diaryl/α,β-unsaturated/α-hetero) is 1. The molecule has 0 spiro atoms. The van der Waals surface area contributed by atoms with Crippen LogP contribution in [0.5, 0.6) is 5.75 Å². The summed E-state index contributed by atoms with van der Waals surface area (Å²) in [5, 5.41) is 10.5. The quantitative estimate of drug-likeness (QED) is 0.253. The van der Waals surface area contributed by atoms with Gasteiger partial charge in [0.25, 0.3) is 0 Å². The lowest BCUT2D eigenvalue weighted by Gasteiger charge is -2.09. The second-order valence-corrected chi connectivity index (χ2v) is 7.24. The fraction of sp³-hybridized carbons (Fsp3) is 0.0833. The van der Waals surface area contributed by atoms with Crippen LogP contribution in [0, 0.1) is 18.3 Å². The fourth-order valence-electron chi connectivity index (χ4n) is 2.66. The number of aryl methyl sites for hydroxylation is 1. The van der Waals surface area contributed by atoms with E-state index in [4.69, 9.17) is 27.9 Å². The number of benzene rings is 3. The molecule has 0 saturated heterocycles. The average molecular weight is 422 g/mol. The van der Waals surface area contributed by atoms with E-state index in [9.17, 15) is 10.1 Å². The Bertz CT molecular complexity index is 1070. The van der Waals surface area contributed by atoms with Crippen LogP contribution in [0.1, 0.15) is 27.0 Å². The minimum absolute atomic E-state index is 0.0744. The summed E-state index contributed by atoms with van der Waals surface area (Å²) in [7, 11) is 0. The number of hydrogen-bond donors (Lipinski definition) is 0. The number of halogens is 2. The lowest BCUT2D eigenvalue weighted by Crippen LogP contribution is -2.01. The van der Waals surface area contributed by atoms with E-state index in [2.05, 4.69) is 0 Å². The van der Waals surface area contributed by atoms with Crippen LogP contribution >= 0.6 is 23.2 Å². The maximum absolute atomic E-state index is 12.5. The van der Waals surface area contributed by atoms with Crippen LogP contribution in [0.25, 0.3) is 6.08 Å². The van der Waals surface area contributed by atoms with Crippen LogP contribution in [-0.4, -0.2) is 5.78 Å². The summed E-state index contributed by atoms with van der Waals surface area (Å²) in [6, 6.07) is 21.5. The van der Waals surface area contributed by atoms with Gasteiger partial charge in [0.1, 0.15) is 24.0 Å². The molecule has 3 aromatic carbocycles. The highest BCUT2D eigenvalue weighted by Crippen LogP contribution is 2.26. The SMILES string of the molecule is Cc1ccc(C(=O)/C(C#N)=C/c2ccc(OCc3c(Cl)cccc3Cl)cc2)cc1. The first-order valence-corrected chi connectivity index (χ1v) is 9.62. The third-order valence-electron chi connectivity index (χ3n) is 4.31. The van der Waals surface area contributed by atoms with Crippen molar-refractivity contribution in [2.75, 3.05) is 0 Å². The van der Waals surface area contributed by atoms with Crippen molar-refractivity contribution in [3.8, 4) is 11.8 Å². The molecule has 0 aliphatic carbocycles.